The Morgan fingerprint density at radius 2 is 1.73 bits per heavy atom. The Hall–Kier alpha value is -3.86. The van der Waals surface area contributed by atoms with Gasteiger partial charge >= 0.3 is 5.97 Å². The first-order valence-corrected chi connectivity index (χ1v) is 11.8. The lowest BCUT2D eigenvalue weighted by Gasteiger charge is -2.13. The number of esters is 1. The number of sulfonamides is 1. The molecule has 174 valence electrons. The second-order valence-corrected chi connectivity index (χ2v) is 9.18. The Labute approximate surface area is 190 Å². The van der Waals surface area contributed by atoms with E-state index in [-0.39, 0.29) is 16.9 Å². The molecule has 1 unspecified atom stereocenters. The van der Waals surface area contributed by atoms with E-state index in [2.05, 4.69) is 10.0 Å². The van der Waals surface area contributed by atoms with Gasteiger partial charge in [0, 0.05) is 12.7 Å². The summed E-state index contributed by atoms with van der Waals surface area (Å²) in [5, 5.41) is 2.55. The maximum atomic E-state index is 12.9. The summed E-state index contributed by atoms with van der Waals surface area (Å²) in [6, 6.07) is 14.6. The number of benzene rings is 2. The van der Waals surface area contributed by atoms with E-state index in [0.29, 0.717) is 11.4 Å². The molecule has 10 nitrogen and oxygen atoms in total. The van der Waals surface area contributed by atoms with Crippen molar-refractivity contribution in [2.45, 2.75) is 20.0 Å². The van der Waals surface area contributed by atoms with Gasteiger partial charge in [-0.3, -0.25) is 19.0 Å². The molecule has 1 atom stereocenters. The Bertz CT molecular complexity index is 1360. The zero-order valence-corrected chi connectivity index (χ0v) is 19.3. The topological polar surface area (TPSA) is 128 Å². The monoisotopic (exact) mass is 472 g/mol. The van der Waals surface area contributed by atoms with Gasteiger partial charge in [0.15, 0.2) is 6.10 Å². The zero-order chi connectivity index (χ0) is 24.3. The summed E-state index contributed by atoms with van der Waals surface area (Å²) in [5.41, 5.74) is 1.06. The minimum absolute atomic E-state index is 0.0608. The number of carbonyl (C=O) groups is 2. The van der Waals surface area contributed by atoms with E-state index in [1.54, 1.807) is 42.9 Å². The van der Waals surface area contributed by atoms with E-state index in [1.807, 2.05) is 6.07 Å². The van der Waals surface area contributed by atoms with Gasteiger partial charge in [0.2, 0.25) is 10.0 Å². The summed E-state index contributed by atoms with van der Waals surface area (Å²) in [6.07, 6.45) is -0.227. The van der Waals surface area contributed by atoms with Crippen LogP contribution in [0.2, 0.25) is 0 Å². The fraction of sp³-hybridized carbons (Fsp3) is 0.227. The quantitative estimate of drug-likeness (QED) is 0.507. The number of para-hydroxylation sites is 1. The maximum Gasteiger partial charge on any atom is 0.338 e. The largest absolute Gasteiger partial charge is 0.449 e. The van der Waals surface area contributed by atoms with Crippen LogP contribution in [0.3, 0.4) is 0 Å². The third-order valence-electron chi connectivity index (χ3n) is 4.86. The number of amides is 1. The molecular weight excluding hydrogens is 448 g/mol. The van der Waals surface area contributed by atoms with Crippen molar-refractivity contribution in [3.05, 3.63) is 76.2 Å². The third-order valence-corrected chi connectivity index (χ3v) is 5.46. The molecule has 2 N–H and O–H groups in total. The van der Waals surface area contributed by atoms with Crippen molar-refractivity contribution in [1.29, 1.82) is 0 Å². The number of ether oxygens (including phenoxy) is 1. The van der Waals surface area contributed by atoms with Crippen LogP contribution in [-0.4, -0.2) is 42.0 Å². The highest BCUT2D eigenvalue weighted by Gasteiger charge is 2.23. The first-order chi connectivity index (χ1) is 15.5. The molecule has 0 aliphatic carbocycles. The fourth-order valence-corrected chi connectivity index (χ4v) is 3.70. The van der Waals surface area contributed by atoms with Crippen LogP contribution in [0.5, 0.6) is 0 Å². The van der Waals surface area contributed by atoms with Gasteiger partial charge in [-0.15, -0.1) is 0 Å². The first-order valence-electron chi connectivity index (χ1n) is 9.91. The van der Waals surface area contributed by atoms with Crippen LogP contribution in [-0.2, 0) is 26.6 Å². The van der Waals surface area contributed by atoms with Crippen LogP contribution in [0, 0.1) is 6.92 Å². The molecule has 0 aliphatic heterocycles. The lowest BCUT2D eigenvalue weighted by molar-refractivity contribution is -0.123. The number of hydrogen-bond acceptors (Lipinski definition) is 6. The van der Waals surface area contributed by atoms with Crippen LogP contribution in [0.15, 0.2) is 59.4 Å². The minimum Gasteiger partial charge on any atom is -0.449 e. The van der Waals surface area contributed by atoms with E-state index in [0.717, 1.165) is 6.26 Å². The van der Waals surface area contributed by atoms with Crippen molar-refractivity contribution in [2.24, 2.45) is 7.05 Å². The van der Waals surface area contributed by atoms with Crippen LogP contribution in [0.25, 0.3) is 5.69 Å². The zero-order valence-electron chi connectivity index (χ0n) is 18.5. The molecule has 2 aromatic carbocycles. The van der Waals surface area contributed by atoms with Gasteiger partial charge in [-0.2, -0.15) is 0 Å². The van der Waals surface area contributed by atoms with Crippen LogP contribution in [0.1, 0.15) is 23.0 Å². The number of rotatable bonds is 7. The third kappa shape index (κ3) is 5.50. The summed E-state index contributed by atoms with van der Waals surface area (Å²) < 4.78 is 33.3. The Balaban J connectivity index is 1.75. The first kappa shape index (κ1) is 23.8. The van der Waals surface area contributed by atoms with Crippen LogP contribution in [0.4, 0.5) is 11.4 Å². The predicted octanol–water partition coefficient (Wildman–Crippen LogP) is 2.04. The number of hydrogen-bond donors (Lipinski definition) is 2. The van der Waals surface area contributed by atoms with Crippen molar-refractivity contribution < 1.29 is 22.7 Å². The highest BCUT2D eigenvalue weighted by atomic mass is 32.2. The molecule has 3 rings (SSSR count). The summed E-state index contributed by atoms with van der Waals surface area (Å²) in [5.74, 6) is -1.50. The average molecular weight is 473 g/mol. The maximum absolute atomic E-state index is 12.9. The molecule has 0 saturated heterocycles. The van der Waals surface area contributed by atoms with Crippen molar-refractivity contribution in [3.8, 4) is 5.69 Å². The number of carbonyl (C=O) groups excluding carboxylic acids is 2. The van der Waals surface area contributed by atoms with Gasteiger partial charge in [0.1, 0.15) is 5.69 Å². The molecular formula is C22H24N4O6S. The fourth-order valence-electron chi connectivity index (χ4n) is 3.14. The molecule has 3 aromatic rings. The Kier molecular flexibility index (Phi) is 6.73. The summed E-state index contributed by atoms with van der Waals surface area (Å²) in [4.78, 5) is 38.0. The summed E-state index contributed by atoms with van der Waals surface area (Å²) >= 11 is 0. The van der Waals surface area contributed by atoms with Gasteiger partial charge in [-0.25, -0.2) is 17.9 Å². The molecule has 0 fully saturated rings. The molecule has 0 saturated carbocycles. The highest BCUT2D eigenvalue weighted by Crippen LogP contribution is 2.16. The average Bonchev–Trinajstić information content (AvgIpc) is 2.96. The van der Waals surface area contributed by atoms with E-state index in [4.69, 9.17) is 4.74 Å². The standard InChI is InChI=1S/C22H24N4O6S/c1-14-19(21(28)26(25(14)3)18-11-6-5-7-12-18)23-20(27)15(2)32-22(29)16-9-8-10-17(13-16)24-33(4,30)31/h5-13,15,24H,1-4H3,(H,23,27). The normalized spacial score (nSPS) is 12.1. The second-order valence-electron chi connectivity index (χ2n) is 7.43. The van der Waals surface area contributed by atoms with Crippen molar-refractivity contribution in [1.82, 2.24) is 9.36 Å². The van der Waals surface area contributed by atoms with E-state index in [9.17, 15) is 22.8 Å². The second kappa shape index (κ2) is 9.33. The van der Waals surface area contributed by atoms with Gasteiger partial charge < -0.3 is 10.1 Å². The highest BCUT2D eigenvalue weighted by molar-refractivity contribution is 7.92. The lowest BCUT2D eigenvalue weighted by atomic mass is 10.2. The summed E-state index contributed by atoms with van der Waals surface area (Å²) in [7, 11) is -1.83. The molecule has 1 heterocycles. The van der Waals surface area contributed by atoms with Crippen molar-refractivity contribution >= 4 is 33.3 Å². The molecule has 0 spiro atoms. The molecule has 0 aliphatic rings. The number of nitrogens with zero attached hydrogens (tertiary/aromatic N) is 2. The van der Waals surface area contributed by atoms with Crippen LogP contribution < -0.4 is 15.6 Å². The van der Waals surface area contributed by atoms with Gasteiger partial charge in [-0.05, 0) is 44.2 Å². The SMILES string of the molecule is Cc1c(NC(=O)C(C)OC(=O)c2cccc(NS(C)(=O)=O)c2)c(=O)n(-c2ccccc2)n1C. The minimum atomic E-state index is -3.52. The molecule has 0 radical (unpaired) electrons. The number of anilines is 2. The molecule has 11 heteroatoms. The number of nitrogens with one attached hydrogen (secondary N) is 2. The van der Waals surface area contributed by atoms with Gasteiger partial charge in [0.25, 0.3) is 11.5 Å². The number of aromatic nitrogens is 2. The Morgan fingerprint density at radius 1 is 1.06 bits per heavy atom. The van der Waals surface area contributed by atoms with E-state index < -0.39 is 33.6 Å². The van der Waals surface area contributed by atoms with Crippen LogP contribution >= 0.6 is 0 Å². The summed E-state index contributed by atoms with van der Waals surface area (Å²) in [6.45, 7) is 3.06. The van der Waals surface area contributed by atoms with E-state index in [1.165, 1.54) is 35.9 Å². The molecule has 0 bridgehead atoms. The van der Waals surface area contributed by atoms with Gasteiger partial charge in [0.05, 0.1) is 23.2 Å². The molecule has 1 amide bonds. The van der Waals surface area contributed by atoms with Crippen molar-refractivity contribution in [2.75, 3.05) is 16.3 Å². The van der Waals surface area contributed by atoms with Gasteiger partial charge in [-0.1, -0.05) is 24.3 Å². The predicted molar refractivity (Wildman–Crippen MR) is 124 cm³/mol. The van der Waals surface area contributed by atoms with Crippen molar-refractivity contribution in [3.63, 3.8) is 0 Å². The smallest absolute Gasteiger partial charge is 0.338 e. The lowest BCUT2D eigenvalue weighted by Crippen LogP contribution is -2.32. The molecule has 33 heavy (non-hydrogen) atoms. The Morgan fingerprint density at radius 3 is 2.36 bits per heavy atom. The van der Waals surface area contributed by atoms with E-state index >= 15 is 0 Å². The molecule has 1 aromatic heterocycles.